The molecule has 0 amide bonds. The standard InChI is InChI=1S/C16H25NO/c1-11-9-12(2)15(13(3)10-11)16(18)14-7-5-4-6-8-17-14/h9-10,14,16-18H,4-8H2,1-3H3. The molecule has 1 saturated heterocycles. The van der Waals surface area contributed by atoms with Crippen LogP contribution in [0.3, 0.4) is 0 Å². The van der Waals surface area contributed by atoms with Crippen molar-refractivity contribution in [2.45, 2.75) is 58.6 Å². The first kappa shape index (κ1) is 13.6. The minimum Gasteiger partial charge on any atom is -0.387 e. The van der Waals surface area contributed by atoms with E-state index >= 15 is 0 Å². The maximum absolute atomic E-state index is 10.7. The molecule has 0 radical (unpaired) electrons. The maximum Gasteiger partial charge on any atom is 0.0948 e. The van der Waals surface area contributed by atoms with Crippen molar-refractivity contribution in [2.24, 2.45) is 0 Å². The zero-order valence-corrected chi connectivity index (χ0v) is 11.8. The van der Waals surface area contributed by atoms with Gasteiger partial charge in [0.1, 0.15) is 0 Å². The van der Waals surface area contributed by atoms with Crippen molar-refractivity contribution >= 4 is 0 Å². The molecule has 2 N–H and O–H groups in total. The summed E-state index contributed by atoms with van der Waals surface area (Å²) in [5.41, 5.74) is 4.83. The van der Waals surface area contributed by atoms with E-state index in [1.54, 1.807) is 0 Å². The fourth-order valence-corrected chi connectivity index (χ4v) is 3.18. The second-order valence-corrected chi connectivity index (χ2v) is 5.67. The SMILES string of the molecule is Cc1cc(C)c(C(O)C2CCCCCN2)c(C)c1. The smallest absolute Gasteiger partial charge is 0.0948 e. The van der Waals surface area contributed by atoms with Crippen molar-refractivity contribution in [3.05, 3.63) is 34.4 Å². The number of aliphatic hydroxyl groups is 1. The van der Waals surface area contributed by atoms with Crippen LogP contribution in [0.1, 0.15) is 54.0 Å². The van der Waals surface area contributed by atoms with Crippen LogP contribution >= 0.6 is 0 Å². The molecule has 2 unspecified atom stereocenters. The molecule has 1 aliphatic heterocycles. The summed E-state index contributed by atoms with van der Waals surface area (Å²) in [6.45, 7) is 7.36. The third kappa shape index (κ3) is 2.93. The van der Waals surface area contributed by atoms with Crippen molar-refractivity contribution in [1.82, 2.24) is 5.32 Å². The monoisotopic (exact) mass is 247 g/mol. The van der Waals surface area contributed by atoms with Crippen LogP contribution in [0.5, 0.6) is 0 Å². The van der Waals surface area contributed by atoms with E-state index in [1.807, 2.05) is 0 Å². The van der Waals surface area contributed by atoms with Gasteiger partial charge in [-0.1, -0.05) is 30.5 Å². The number of rotatable bonds is 2. The van der Waals surface area contributed by atoms with Crippen LogP contribution in [0.4, 0.5) is 0 Å². The molecule has 18 heavy (non-hydrogen) atoms. The molecule has 2 rings (SSSR count). The van der Waals surface area contributed by atoms with Crippen LogP contribution in [0.2, 0.25) is 0 Å². The quantitative estimate of drug-likeness (QED) is 0.841. The lowest BCUT2D eigenvalue weighted by Gasteiger charge is -2.26. The second-order valence-electron chi connectivity index (χ2n) is 5.67. The van der Waals surface area contributed by atoms with Gasteiger partial charge in [0.05, 0.1) is 6.10 Å². The molecule has 2 heteroatoms. The van der Waals surface area contributed by atoms with Crippen LogP contribution < -0.4 is 5.32 Å². The highest BCUT2D eigenvalue weighted by molar-refractivity contribution is 5.39. The maximum atomic E-state index is 10.7. The minimum absolute atomic E-state index is 0.215. The Balaban J connectivity index is 2.24. The van der Waals surface area contributed by atoms with Gasteiger partial charge in [-0.05, 0) is 56.8 Å². The number of benzene rings is 1. The summed E-state index contributed by atoms with van der Waals surface area (Å²) in [6, 6.07) is 4.55. The molecule has 1 aliphatic rings. The summed E-state index contributed by atoms with van der Waals surface area (Å²) in [5.74, 6) is 0. The molecule has 2 nitrogen and oxygen atoms in total. The molecule has 0 spiro atoms. The number of nitrogens with one attached hydrogen (secondary N) is 1. The lowest BCUT2D eigenvalue weighted by Crippen LogP contribution is -2.34. The zero-order valence-electron chi connectivity index (χ0n) is 11.8. The van der Waals surface area contributed by atoms with Gasteiger partial charge >= 0.3 is 0 Å². The average molecular weight is 247 g/mol. The molecule has 0 aromatic heterocycles. The first-order valence-corrected chi connectivity index (χ1v) is 7.09. The Hall–Kier alpha value is -0.860. The van der Waals surface area contributed by atoms with Gasteiger partial charge < -0.3 is 10.4 Å². The summed E-state index contributed by atoms with van der Waals surface area (Å²) < 4.78 is 0. The van der Waals surface area contributed by atoms with Crippen LogP contribution in [0, 0.1) is 20.8 Å². The minimum atomic E-state index is -0.372. The van der Waals surface area contributed by atoms with Gasteiger partial charge in [-0.2, -0.15) is 0 Å². The van der Waals surface area contributed by atoms with Crippen molar-refractivity contribution in [3.63, 3.8) is 0 Å². The summed E-state index contributed by atoms with van der Waals surface area (Å²) in [4.78, 5) is 0. The second kappa shape index (κ2) is 5.85. The molecule has 1 heterocycles. The Kier molecular flexibility index (Phi) is 4.41. The predicted molar refractivity (Wildman–Crippen MR) is 75.9 cm³/mol. The summed E-state index contributed by atoms with van der Waals surface area (Å²) in [7, 11) is 0. The van der Waals surface area contributed by atoms with Crippen LogP contribution in [-0.2, 0) is 0 Å². The fourth-order valence-electron chi connectivity index (χ4n) is 3.18. The lowest BCUT2D eigenvalue weighted by molar-refractivity contribution is 0.125. The molecule has 0 bridgehead atoms. The predicted octanol–water partition coefficient (Wildman–Crippen LogP) is 3.18. The van der Waals surface area contributed by atoms with Gasteiger partial charge in [0, 0.05) is 6.04 Å². The van der Waals surface area contributed by atoms with Gasteiger partial charge in [0.25, 0.3) is 0 Å². The number of hydrogen-bond acceptors (Lipinski definition) is 2. The summed E-state index contributed by atoms with van der Waals surface area (Å²) in [6.07, 6.45) is 4.44. The Morgan fingerprint density at radius 2 is 1.78 bits per heavy atom. The van der Waals surface area contributed by atoms with Gasteiger partial charge in [-0.3, -0.25) is 0 Å². The molecule has 100 valence electrons. The topological polar surface area (TPSA) is 32.3 Å². The first-order valence-electron chi connectivity index (χ1n) is 7.09. The number of aliphatic hydroxyl groups excluding tert-OH is 1. The first-order chi connectivity index (χ1) is 8.59. The molecular weight excluding hydrogens is 222 g/mol. The van der Waals surface area contributed by atoms with Gasteiger partial charge in [-0.25, -0.2) is 0 Å². The molecule has 0 aliphatic carbocycles. The van der Waals surface area contributed by atoms with E-state index in [0.717, 1.165) is 18.5 Å². The molecule has 2 atom stereocenters. The average Bonchev–Trinajstić information content (AvgIpc) is 2.55. The third-order valence-electron chi connectivity index (χ3n) is 4.01. The molecule has 1 aromatic carbocycles. The van der Waals surface area contributed by atoms with Crippen molar-refractivity contribution in [3.8, 4) is 0 Å². The van der Waals surface area contributed by atoms with E-state index in [1.165, 1.54) is 36.0 Å². The van der Waals surface area contributed by atoms with E-state index < -0.39 is 0 Å². The van der Waals surface area contributed by atoms with Crippen LogP contribution in [0.25, 0.3) is 0 Å². The van der Waals surface area contributed by atoms with Crippen molar-refractivity contribution < 1.29 is 5.11 Å². The van der Waals surface area contributed by atoms with E-state index in [2.05, 4.69) is 38.2 Å². The van der Waals surface area contributed by atoms with E-state index in [9.17, 15) is 5.11 Å². The molecule has 0 saturated carbocycles. The van der Waals surface area contributed by atoms with E-state index in [-0.39, 0.29) is 12.1 Å². The highest BCUT2D eigenvalue weighted by Crippen LogP contribution is 2.28. The highest BCUT2D eigenvalue weighted by Gasteiger charge is 2.24. The van der Waals surface area contributed by atoms with E-state index in [0.29, 0.717) is 0 Å². The zero-order chi connectivity index (χ0) is 13.1. The van der Waals surface area contributed by atoms with Crippen LogP contribution in [0.15, 0.2) is 12.1 Å². The van der Waals surface area contributed by atoms with Gasteiger partial charge in [-0.15, -0.1) is 0 Å². The van der Waals surface area contributed by atoms with E-state index in [4.69, 9.17) is 0 Å². The largest absolute Gasteiger partial charge is 0.387 e. The number of hydrogen-bond donors (Lipinski definition) is 2. The van der Waals surface area contributed by atoms with Crippen molar-refractivity contribution in [1.29, 1.82) is 0 Å². The van der Waals surface area contributed by atoms with Crippen LogP contribution in [-0.4, -0.2) is 17.7 Å². The summed E-state index contributed by atoms with van der Waals surface area (Å²) in [5, 5.41) is 14.2. The molecule has 1 aromatic rings. The highest BCUT2D eigenvalue weighted by atomic mass is 16.3. The molecular formula is C16H25NO. The normalized spacial score (nSPS) is 22.6. The van der Waals surface area contributed by atoms with Crippen molar-refractivity contribution in [2.75, 3.05) is 6.54 Å². The fraction of sp³-hybridized carbons (Fsp3) is 0.625. The Morgan fingerprint density at radius 1 is 1.11 bits per heavy atom. The molecule has 1 fully saturated rings. The number of aryl methyl sites for hydroxylation is 3. The summed E-state index contributed by atoms with van der Waals surface area (Å²) >= 11 is 0. The Morgan fingerprint density at radius 3 is 2.44 bits per heavy atom. The third-order valence-corrected chi connectivity index (χ3v) is 4.01. The Labute approximate surface area is 110 Å². The van der Waals surface area contributed by atoms with Gasteiger partial charge in [0.2, 0.25) is 0 Å². The lowest BCUT2D eigenvalue weighted by atomic mass is 9.90. The van der Waals surface area contributed by atoms with Gasteiger partial charge in [0.15, 0.2) is 0 Å². The Bertz CT molecular complexity index is 383.